The number of nitrogens with one attached hydrogen (secondary N) is 1. The van der Waals surface area contributed by atoms with Gasteiger partial charge in [0.15, 0.2) is 0 Å². The second kappa shape index (κ2) is 5.61. The van der Waals surface area contributed by atoms with Crippen LogP contribution in [0.1, 0.15) is 0 Å². The average molecular weight is 264 g/mol. The van der Waals surface area contributed by atoms with Gasteiger partial charge < -0.3 is 9.88 Å². The van der Waals surface area contributed by atoms with Gasteiger partial charge in [-0.05, 0) is 29.7 Å². The van der Waals surface area contributed by atoms with E-state index in [-0.39, 0.29) is 5.56 Å². The van der Waals surface area contributed by atoms with Gasteiger partial charge >= 0.3 is 0 Å². The predicted octanol–water partition coefficient (Wildman–Crippen LogP) is 3.11. The molecule has 20 heavy (non-hydrogen) atoms. The Bertz CT molecular complexity index is 763. The summed E-state index contributed by atoms with van der Waals surface area (Å²) in [5, 5.41) is 5.07. The molecule has 1 aromatic heterocycles. The highest BCUT2D eigenvalue weighted by Gasteiger charge is 2.01. The molecule has 0 saturated carbocycles. The first-order valence-corrected chi connectivity index (χ1v) is 6.72. The van der Waals surface area contributed by atoms with Gasteiger partial charge in [-0.1, -0.05) is 36.4 Å². The van der Waals surface area contributed by atoms with Crippen LogP contribution in [0.3, 0.4) is 0 Å². The van der Waals surface area contributed by atoms with Crippen LogP contribution in [0.4, 0.5) is 5.69 Å². The van der Waals surface area contributed by atoms with Crippen molar-refractivity contribution >= 4 is 16.5 Å². The van der Waals surface area contributed by atoms with Crippen LogP contribution in [0.15, 0.2) is 71.7 Å². The van der Waals surface area contributed by atoms with E-state index in [9.17, 15) is 4.79 Å². The van der Waals surface area contributed by atoms with E-state index in [1.54, 1.807) is 4.57 Å². The van der Waals surface area contributed by atoms with Crippen molar-refractivity contribution in [3.05, 3.63) is 77.2 Å². The molecule has 0 unspecified atom stereocenters. The van der Waals surface area contributed by atoms with Crippen LogP contribution in [0.5, 0.6) is 0 Å². The van der Waals surface area contributed by atoms with Crippen LogP contribution < -0.4 is 10.9 Å². The van der Waals surface area contributed by atoms with Gasteiger partial charge in [-0.2, -0.15) is 0 Å². The van der Waals surface area contributed by atoms with Crippen molar-refractivity contribution in [1.82, 2.24) is 4.57 Å². The van der Waals surface area contributed by atoms with Crippen LogP contribution in [0, 0.1) is 0 Å². The summed E-state index contributed by atoms with van der Waals surface area (Å²) < 4.78 is 1.75. The molecule has 3 rings (SSSR count). The largest absolute Gasteiger partial charge is 0.383 e. The van der Waals surface area contributed by atoms with Gasteiger partial charge in [0.25, 0.3) is 5.56 Å². The van der Waals surface area contributed by atoms with Crippen molar-refractivity contribution in [2.24, 2.45) is 0 Å². The Morgan fingerprint density at radius 3 is 2.50 bits per heavy atom. The summed E-state index contributed by atoms with van der Waals surface area (Å²) in [6.45, 7) is 1.38. The van der Waals surface area contributed by atoms with Crippen molar-refractivity contribution in [3.63, 3.8) is 0 Å². The van der Waals surface area contributed by atoms with Crippen LogP contribution in [-0.2, 0) is 6.54 Å². The zero-order valence-electron chi connectivity index (χ0n) is 11.1. The molecule has 3 heteroatoms. The normalized spacial score (nSPS) is 10.6. The maximum atomic E-state index is 12.3. The standard InChI is InChI=1S/C17H16N2O/c20-17-16-9-5-4-6-14(16)10-12-19(17)13-11-18-15-7-2-1-3-8-15/h1-10,12,18H,11,13H2. The van der Waals surface area contributed by atoms with E-state index >= 15 is 0 Å². The number of pyridine rings is 1. The van der Waals surface area contributed by atoms with E-state index in [0.29, 0.717) is 6.54 Å². The zero-order chi connectivity index (χ0) is 13.8. The average Bonchev–Trinajstić information content (AvgIpc) is 2.51. The Morgan fingerprint density at radius 2 is 1.65 bits per heavy atom. The van der Waals surface area contributed by atoms with Crippen molar-refractivity contribution in [2.75, 3.05) is 11.9 Å². The van der Waals surface area contributed by atoms with Crippen LogP contribution in [0.2, 0.25) is 0 Å². The maximum absolute atomic E-state index is 12.3. The fourth-order valence-corrected chi connectivity index (χ4v) is 2.28. The third-order valence-electron chi connectivity index (χ3n) is 3.34. The topological polar surface area (TPSA) is 34.0 Å². The Hall–Kier alpha value is -2.55. The monoisotopic (exact) mass is 264 g/mol. The molecule has 0 saturated heterocycles. The molecule has 0 fully saturated rings. The number of hydrogen-bond donors (Lipinski definition) is 1. The molecule has 100 valence electrons. The summed E-state index contributed by atoms with van der Waals surface area (Å²) in [4.78, 5) is 12.3. The summed E-state index contributed by atoms with van der Waals surface area (Å²) in [6.07, 6.45) is 1.86. The third-order valence-corrected chi connectivity index (χ3v) is 3.34. The number of nitrogens with zero attached hydrogens (tertiary/aromatic N) is 1. The minimum atomic E-state index is 0.0676. The van der Waals surface area contributed by atoms with E-state index in [0.717, 1.165) is 23.0 Å². The van der Waals surface area contributed by atoms with Crippen LogP contribution in [0.25, 0.3) is 10.8 Å². The third kappa shape index (κ3) is 2.57. The summed E-state index contributed by atoms with van der Waals surface area (Å²) in [5.41, 5.74) is 1.14. The first kappa shape index (κ1) is 12.5. The molecule has 0 bridgehead atoms. The zero-order valence-corrected chi connectivity index (χ0v) is 11.1. The van der Waals surface area contributed by atoms with Gasteiger partial charge in [-0.3, -0.25) is 4.79 Å². The first-order valence-electron chi connectivity index (χ1n) is 6.72. The molecule has 0 aliphatic heterocycles. The number of fused-ring (bicyclic) bond motifs is 1. The minimum Gasteiger partial charge on any atom is -0.383 e. The Labute approximate surface area is 117 Å². The number of aromatic nitrogens is 1. The number of anilines is 1. The first-order chi connectivity index (χ1) is 9.84. The Morgan fingerprint density at radius 1 is 0.900 bits per heavy atom. The van der Waals surface area contributed by atoms with Crippen LogP contribution >= 0.6 is 0 Å². The lowest BCUT2D eigenvalue weighted by Gasteiger charge is -2.09. The molecule has 0 aliphatic carbocycles. The van der Waals surface area contributed by atoms with E-state index < -0.39 is 0 Å². The molecule has 1 heterocycles. The summed E-state index contributed by atoms with van der Waals surface area (Å²) >= 11 is 0. The van der Waals surface area contributed by atoms with Gasteiger partial charge in [-0.25, -0.2) is 0 Å². The number of para-hydroxylation sites is 1. The molecular formula is C17H16N2O. The predicted molar refractivity (Wildman–Crippen MR) is 83.1 cm³/mol. The molecular weight excluding hydrogens is 248 g/mol. The van der Waals surface area contributed by atoms with Gasteiger partial charge in [0.2, 0.25) is 0 Å². The Balaban J connectivity index is 1.75. The summed E-state index contributed by atoms with van der Waals surface area (Å²) in [6, 6.07) is 19.7. The second-order valence-corrected chi connectivity index (χ2v) is 4.69. The SMILES string of the molecule is O=c1c2ccccc2ccn1CCNc1ccccc1. The molecule has 0 aliphatic rings. The Kier molecular flexibility index (Phi) is 3.50. The lowest BCUT2D eigenvalue weighted by molar-refractivity contribution is 0.704. The second-order valence-electron chi connectivity index (χ2n) is 4.69. The highest BCUT2D eigenvalue weighted by atomic mass is 16.1. The fraction of sp³-hybridized carbons (Fsp3) is 0.118. The minimum absolute atomic E-state index is 0.0676. The smallest absolute Gasteiger partial charge is 0.258 e. The molecule has 0 spiro atoms. The van der Waals surface area contributed by atoms with Gasteiger partial charge in [0.05, 0.1) is 0 Å². The number of benzene rings is 2. The molecule has 3 nitrogen and oxygen atoms in total. The lowest BCUT2D eigenvalue weighted by Crippen LogP contribution is -2.23. The fourth-order valence-electron chi connectivity index (χ4n) is 2.28. The van der Waals surface area contributed by atoms with E-state index in [1.165, 1.54) is 0 Å². The molecule has 3 aromatic rings. The summed E-state index contributed by atoms with van der Waals surface area (Å²) in [7, 11) is 0. The lowest BCUT2D eigenvalue weighted by atomic mass is 10.2. The van der Waals surface area contributed by atoms with E-state index in [4.69, 9.17) is 0 Å². The molecule has 0 amide bonds. The molecule has 0 atom stereocenters. The van der Waals surface area contributed by atoms with Crippen molar-refractivity contribution in [1.29, 1.82) is 0 Å². The maximum Gasteiger partial charge on any atom is 0.258 e. The number of hydrogen-bond acceptors (Lipinski definition) is 2. The van der Waals surface area contributed by atoms with Gasteiger partial charge in [-0.15, -0.1) is 0 Å². The van der Waals surface area contributed by atoms with Crippen molar-refractivity contribution in [2.45, 2.75) is 6.54 Å². The van der Waals surface area contributed by atoms with Crippen molar-refractivity contribution < 1.29 is 0 Å². The van der Waals surface area contributed by atoms with E-state index in [1.807, 2.05) is 66.9 Å². The van der Waals surface area contributed by atoms with E-state index in [2.05, 4.69) is 5.32 Å². The highest BCUT2D eigenvalue weighted by molar-refractivity contribution is 5.81. The number of rotatable bonds is 4. The summed E-state index contributed by atoms with van der Waals surface area (Å²) in [5.74, 6) is 0. The highest BCUT2D eigenvalue weighted by Crippen LogP contribution is 2.08. The van der Waals surface area contributed by atoms with Gasteiger partial charge in [0.1, 0.15) is 0 Å². The van der Waals surface area contributed by atoms with Crippen molar-refractivity contribution in [3.8, 4) is 0 Å². The van der Waals surface area contributed by atoms with Gasteiger partial charge in [0, 0.05) is 30.4 Å². The quantitative estimate of drug-likeness (QED) is 0.785. The molecule has 0 radical (unpaired) electrons. The molecule has 1 N–H and O–H groups in total. The molecule has 2 aromatic carbocycles. The van der Waals surface area contributed by atoms with Crippen LogP contribution in [-0.4, -0.2) is 11.1 Å².